The van der Waals surface area contributed by atoms with Crippen LogP contribution in [0.25, 0.3) is 22.6 Å². The molecule has 1 aromatic carbocycles. The van der Waals surface area contributed by atoms with Crippen molar-refractivity contribution in [2.24, 2.45) is 0 Å². The number of aromatic nitrogens is 5. The fourth-order valence-corrected chi connectivity index (χ4v) is 3.06. The van der Waals surface area contributed by atoms with Gasteiger partial charge in [-0.25, -0.2) is 9.97 Å². The maximum atomic E-state index is 4.97. The topological polar surface area (TPSA) is 48.0 Å². The van der Waals surface area contributed by atoms with E-state index in [2.05, 4.69) is 72.7 Å². The number of imidazole rings is 1. The molecular weight excluding hydrogens is 322 g/mol. The van der Waals surface area contributed by atoms with Gasteiger partial charge in [0.15, 0.2) is 5.65 Å². The van der Waals surface area contributed by atoms with Gasteiger partial charge in [-0.1, -0.05) is 50.6 Å². The summed E-state index contributed by atoms with van der Waals surface area (Å²) < 4.78 is 3.95. The first-order chi connectivity index (χ1) is 12.3. The van der Waals surface area contributed by atoms with Crippen LogP contribution in [0.15, 0.2) is 48.9 Å². The molecule has 0 fully saturated rings. The average Bonchev–Trinajstić information content (AvgIpc) is 3.20. The van der Waals surface area contributed by atoms with E-state index in [4.69, 9.17) is 4.98 Å². The maximum absolute atomic E-state index is 4.97. The third-order valence-electron chi connectivity index (χ3n) is 4.66. The van der Waals surface area contributed by atoms with Crippen LogP contribution in [0.2, 0.25) is 0 Å². The van der Waals surface area contributed by atoms with Crippen LogP contribution < -0.4 is 0 Å². The lowest BCUT2D eigenvalue weighted by atomic mass is 9.92. The van der Waals surface area contributed by atoms with E-state index in [1.807, 2.05) is 30.0 Å². The van der Waals surface area contributed by atoms with Crippen LogP contribution in [0.3, 0.4) is 0 Å². The second kappa shape index (κ2) is 5.80. The van der Waals surface area contributed by atoms with Crippen molar-refractivity contribution in [2.75, 3.05) is 0 Å². The molecule has 0 radical (unpaired) electrons. The Labute approximate surface area is 153 Å². The molecule has 4 aromatic rings. The fourth-order valence-electron chi connectivity index (χ4n) is 3.06. The maximum Gasteiger partial charge on any atom is 0.165 e. The van der Waals surface area contributed by atoms with E-state index in [0.29, 0.717) is 0 Å². The van der Waals surface area contributed by atoms with Crippen molar-refractivity contribution >= 4 is 5.65 Å². The van der Waals surface area contributed by atoms with Gasteiger partial charge < -0.3 is 0 Å². The van der Waals surface area contributed by atoms with Gasteiger partial charge in [-0.15, -0.1) is 0 Å². The van der Waals surface area contributed by atoms with Crippen LogP contribution in [-0.4, -0.2) is 24.1 Å². The highest BCUT2D eigenvalue weighted by Crippen LogP contribution is 2.29. The minimum atomic E-state index is -0.0696. The highest BCUT2D eigenvalue weighted by atomic mass is 15.3. The zero-order valence-electron chi connectivity index (χ0n) is 15.9. The monoisotopic (exact) mass is 345 g/mol. The fraction of sp³-hybridized carbons (Fsp3) is 0.286. The normalized spacial score (nSPS) is 12.0. The van der Waals surface area contributed by atoms with Crippen LogP contribution in [0.4, 0.5) is 0 Å². The van der Waals surface area contributed by atoms with Crippen molar-refractivity contribution < 1.29 is 0 Å². The van der Waals surface area contributed by atoms with Crippen molar-refractivity contribution in [3.8, 4) is 16.9 Å². The highest BCUT2D eigenvalue weighted by Gasteiger charge is 2.21. The van der Waals surface area contributed by atoms with Gasteiger partial charge in [-0.3, -0.25) is 4.57 Å². The molecule has 4 rings (SSSR count). The van der Waals surface area contributed by atoms with Gasteiger partial charge >= 0.3 is 0 Å². The first-order valence-electron chi connectivity index (χ1n) is 8.81. The molecule has 3 aromatic heterocycles. The zero-order chi connectivity index (χ0) is 18.5. The van der Waals surface area contributed by atoms with Gasteiger partial charge in [-0.05, 0) is 19.4 Å². The van der Waals surface area contributed by atoms with Crippen molar-refractivity contribution in [2.45, 2.75) is 40.0 Å². The lowest BCUT2D eigenvalue weighted by molar-refractivity contribution is 0.566. The number of benzene rings is 1. The molecule has 0 spiro atoms. The van der Waals surface area contributed by atoms with E-state index in [9.17, 15) is 0 Å². The lowest BCUT2D eigenvalue weighted by Gasteiger charge is -2.20. The average molecular weight is 345 g/mol. The van der Waals surface area contributed by atoms with Crippen LogP contribution in [0.5, 0.6) is 0 Å². The molecule has 0 atom stereocenters. The summed E-state index contributed by atoms with van der Waals surface area (Å²) in [4.78, 5) is 9.34. The number of aryl methyl sites for hydroxylation is 2. The van der Waals surface area contributed by atoms with Crippen molar-refractivity contribution in [3.63, 3.8) is 0 Å². The van der Waals surface area contributed by atoms with Crippen LogP contribution in [0.1, 0.15) is 37.9 Å². The molecule has 0 aliphatic heterocycles. The minimum absolute atomic E-state index is 0.0696. The summed E-state index contributed by atoms with van der Waals surface area (Å²) in [5.41, 5.74) is 5.22. The van der Waals surface area contributed by atoms with E-state index < -0.39 is 0 Å². The van der Waals surface area contributed by atoms with Gasteiger partial charge in [0, 0.05) is 29.4 Å². The SMILES string of the molecule is Cc1ccc(-c2cnn3c(-n4ccnc4C)cc(C(C)(C)C)nc23)cc1. The van der Waals surface area contributed by atoms with E-state index in [0.717, 1.165) is 34.1 Å². The summed E-state index contributed by atoms with van der Waals surface area (Å²) in [7, 11) is 0. The number of nitrogens with zero attached hydrogens (tertiary/aromatic N) is 5. The number of hydrogen-bond donors (Lipinski definition) is 0. The predicted molar refractivity (Wildman–Crippen MR) is 104 cm³/mol. The zero-order valence-corrected chi connectivity index (χ0v) is 15.9. The molecule has 132 valence electrons. The van der Waals surface area contributed by atoms with E-state index >= 15 is 0 Å². The quantitative estimate of drug-likeness (QED) is 0.537. The summed E-state index contributed by atoms with van der Waals surface area (Å²) in [6.45, 7) is 10.6. The third kappa shape index (κ3) is 2.69. The molecule has 0 saturated heterocycles. The number of rotatable bonds is 2. The highest BCUT2D eigenvalue weighted by molar-refractivity contribution is 5.77. The van der Waals surface area contributed by atoms with Crippen LogP contribution in [0, 0.1) is 13.8 Å². The third-order valence-corrected chi connectivity index (χ3v) is 4.66. The van der Waals surface area contributed by atoms with Crippen molar-refractivity contribution in [1.82, 2.24) is 24.1 Å². The molecule has 3 heterocycles. The van der Waals surface area contributed by atoms with Crippen LogP contribution >= 0.6 is 0 Å². The standard InChI is InChI=1S/C21H23N5/c1-14-6-8-16(9-7-14)17-13-23-26-19(25-11-10-22-15(25)2)12-18(21(3,4)5)24-20(17)26/h6-13H,1-5H3. The van der Waals surface area contributed by atoms with E-state index in [-0.39, 0.29) is 5.41 Å². The first-order valence-corrected chi connectivity index (χ1v) is 8.81. The molecule has 26 heavy (non-hydrogen) atoms. The Kier molecular flexibility index (Phi) is 3.68. The summed E-state index contributed by atoms with van der Waals surface area (Å²) in [5, 5.41) is 4.64. The molecular formula is C21H23N5. The summed E-state index contributed by atoms with van der Waals surface area (Å²) in [6, 6.07) is 10.6. The molecule has 5 heteroatoms. The predicted octanol–water partition coefficient (Wildman–Crippen LogP) is 4.50. The number of hydrogen-bond acceptors (Lipinski definition) is 3. The van der Waals surface area contributed by atoms with Gasteiger partial charge in [0.2, 0.25) is 0 Å². The van der Waals surface area contributed by atoms with Gasteiger partial charge in [0.25, 0.3) is 0 Å². The molecule has 0 amide bonds. The number of fused-ring (bicyclic) bond motifs is 1. The Morgan fingerprint density at radius 3 is 2.35 bits per heavy atom. The Bertz CT molecular complexity index is 1080. The summed E-state index contributed by atoms with van der Waals surface area (Å²) >= 11 is 0. The molecule has 0 bridgehead atoms. The largest absolute Gasteiger partial charge is 0.288 e. The van der Waals surface area contributed by atoms with Gasteiger partial charge in [0.05, 0.1) is 11.9 Å². The molecule has 0 N–H and O–H groups in total. The second-order valence-electron chi connectivity index (χ2n) is 7.75. The molecule has 0 unspecified atom stereocenters. The minimum Gasteiger partial charge on any atom is -0.288 e. The molecule has 5 nitrogen and oxygen atoms in total. The van der Waals surface area contributed by atoms with Gasteiger partial charge in [-0.2, -0.15) is 9.61 Å². The first kappa shape index (κ1) is 16.5. The summed E-state index contributed by atoms with van der Waals surface area (Å²) in [5.74, 6) is 1.87. The Hall–Kier alpha value is -2.95. The Morgan fingerprint density at radius 2 is 1.73 bits per heavy atom. The van der Waals surface area contributed by atoms with Crippen LogP contribution in [-0.2, 0) is 5.41 Å². The van der Waals surface area contributed by atoms with Crippen molar-refractivity contribution in [1.29, 1.82) is 0 Å². The Morgan fingerprint density at radius 1 is 1.00 bits per heavy atom. The molecule has 0 saturated carbocycles. The molecule has 0 aliphatic carbocycles. The van der Waals surface area contributed by atoms with Crippen molar-refractivity contribution in [3.05, 3.63) is 66.0 Å². The lowest BCUT2D eigenvalue weighted by Crippen LogP contribution is -2.17. The summed E-state index contributed by atoms with van der Waals surface area (Å²) in [6.07, 6.45) is 5.67. The van der Waals surface area contributed by atoms with E-state index in [1.165, 1.54) is 5.56 Å². The Balaban J connectivity index is 2.03. The van der Waals surface area contributed by atoms with Gasteiger partial charge in [0.1, 0.15) is 11.6 Å². The van der Waals surface area contributed by atoms with E-state index in [1.54, 1.807) is 0 Å². The second-order valence-corrected chi connectivity index (χ2v) is 7.75. The smallest absolute Gasteiger partial charge is 0.165 e. The molecule has 0 aliphatic rings.